The number of rotatable bonds is 4. The van der Waals surface area contributed by atoms with E-state index in [9.17, 15) is 4.79 Å². The Hall–Kier alpha value is -1.83. The third kappa shape index (κ3) is 5.59. The molecule has 1 aromatic heterocycles. The van der Waals surface area contributed by atoms with Gasteiger partial charge in [0.2, 0.25) is 17.2 Å². The Morgan fingerprint density at radius 3 is 2.42 bits per heavy atom. The van der Waals surface area contributed by atoms with Crippen molar-refractivity contribution in [3.63, 3.8) is 0 Å². The van der Waals surface area contributed by atoms with Gasteiger partial charge in [0.25, 0.3) is 0 Å². The van der Waals surface area contributed by atoms with Crippen LogP contribution in [0.5, 0.6) is 0 Å². The molecule has 0 aliphatic carbocycles. The lowest BCUT2D eigenvalue weighted by Crippen LogP contribution is -2.39. The van der Waals surface area contributed by atoms with Crippen LogP contribution >= 0.6 is 11.6 Å². The lowest BCUT2D eigenvalue weighted by atomic mass is 10.2. The molecule has 1 saturated heterocycles. The first-order valence-corrected chi connectivity index (χ1v) is 9.50. The van der Waals surface area contributed by atoms with Gasteiger partial charge < -0.3 is 19.4 Å². The maximum absolute atomic E-state index is 12.3. The topological polar surface area (TPSA) is 74.7 Å². The van der Waals surface area contributed by atoms with Crippen molar-refractivity contribution >= 4 is 29.6 Å². The molecule has 2 heterocycles. The summed E-state index contributed by atoms with van der Waals surface area (Å²) >= 11 is 6.12. The molecule has 146 valence electrons. The molecule has 1 aliphatic heterocycles. The van der Waals surface area contributed by atoms with E-state index in [0.29, 0.717) is 31.5 Å². The van der Waals surface area contributed by atoms with Crippen LogP contribution in [0.4, 0.5) is 16.7 Å². The van der Waals surface area contributed by atoms with Crippen molar-refractivity contribution in [2.45, 2.75) is 46.6 Å². The first-order chi connectivity index (χ1) is 12.2. The molecule has 26 heavy (non-hydrogen) atoms. The van der Waals surface area contributed by atoms with Gasteiger partial charge in [0.05, 0.1) is 0 Å². The maximum atomic E-state index is 12.3. The first-order valence-electron chi connectivity index (χ1n) is 9.13. The van der Waals surface area contributed by atoms with Gasteiger partial charge in [0.15, 0.2) is 0 Å². The summed E-state index contributed by atoms with van der Waals surface area (Å²) in [5.74, 6) is 1.14. The van der Waals surface area contributed by atoms with Crippen LogP contribution in [-0.4, -0.2) is 70.8 Å². The number of carbonyl (C=O) groups excluding carboxylic acids is 1. The van der Waals surface area contributed by atoms with Gasteiger partial charge in [-0.15, -0.1) is 0 Å². The smallest absolute Gasteiger partial charge is 0.410 e. The van der Waals surface area contributed by atoms with Crippen molar-refractivity contribution in [3.05, 3.63) is 5.28 Å². The maximum Gasteiger partial charge on any atom is 0.410 e. The Morgan fingerprint density at radius 2 is 1.81 bits per heavy atom. The highest BCUT2D eigenvalue weighted by atomic mass is 35.5. The Morgan fingerprint density at radius 1 is 1.12 bits per heavy atom. The average Bonchev–Trinajstić information content (AvgIpc) is 2.80. The lowest BCUT2D eigenvalue weighted by molar-refractivity contribution is 0.0263. The molecule has 0 bridgehead atoms. The molecule has 0 unspecified atom stereocenters. The van der Waals surface area contributed by atoms with E-state index in [1.165, 1.54) is 0 Å². The van der Waals surface area contributed by atoms with Crippen molar-refractivity contribution in [2.75, 3.05) is 49.1 Å². The Kier molecular flexibility index (Phi) is 6.86. The molecule has 2 rings (SSSR count). The number of carbonyl (C=O) groups is 1. The van der Waals surface area contributed by atoms with E-state index in [0.717, 1.165) is 26.1 Å². The van der Waals surface area contributed by atoms with E-state index >= 15 is 0 Å². The van der Waals surface area contributed by atoms with Crippen molar-refractivity contribution < 1.29 is 9.53 Å². The normalized spacial score (nSPS) is 15.6. The predicted molar refractivity (Wildman–Crippen MR) is 103 cm³/mol. The van der Waals surface area contributed by atoms with Gasteiger partial charge in [-0.05, 0) is 52.6 Å². The van der Waals surface area contributed by atoms with Gasteiger partial charge in [0.1, 0.15) is 5.60 Å². The highest BCUT2D eigenvalue weighted by molar-refractivity contribution is 6.28. The van der Waals surface area contributed by atoms with Gasteiger partial charge in [-0.3, -0.25) is 0 Å². The van der Waals surface area contributed by atoms with Crippen molar-refractivity contribution in [3.8, 4) is 0 Å². The number of anilines is 2. The van der Waals surface area contributed by atoms with E-state index in [1.807, 2.05) is 44.4 Å². The van der Waals surface area contributed by atoms with Gasteiger partial charge in [0, 0.05) is 39.3 Å². The molecule has 1 aromatic rings. The monoisotopic (exact) mass is 384 g/mol. The fourth-order valence-corrected chi connectivity index (χ4v) is 2.90. The molecule has 9 heteroatoms. The van der Waals surface area contributed by atoms with Crippen LogP contribution in [-0.2, 0) is 4.74 Å². The van der Waals surface area contributed by atoms with Crippen LogP contribution in [0.3, 0.4) is 0 Å². The zero-order valence-electron chi connectivity index (χ0n) is 16.3. The molecule has 0 aromatic carbocycles. The second-order valence-corrected chi connectivity index (χ2v) is 7.52. The summed E-state index contributed by atoms with van der Waals surface area (Å²) in [6.07, 6.45) is 0.528. The fraction of sp³-hybridized carbons (Fsp3) is 0.765. The lowest BCUT2D eigenvalue weighted by Gasteiger charge is -2.26. The Balaban J connectivity index is 2.10. The zero-order chi connectivity index (χ0) is 19.3. The molecule has 8 nitrogen and oxygen atoms in total. The summed E-state index contributed by atoms with van der Waals surface area (Å²) in [6, 6.07) is 0. The van der Waals surface area contributed by atoms with E-state index in [2.05, 4.69) is 15.0 Å². The van der Waals surface area contributed by atoms with Crippen LogP contribution in [0.2, 0.25) is 5.28 Å². The molecule has 0 spiro atoms. The molecule has 1 amide bonds. The van der Waals surface area contributed by atoms with Crippen LogP contribution in [0.15, 0.2) is 0 Å². The summed E-state index contributed by atoms with van der Waals surface area (Å²) < 4.78 is 5.47. The molecular weight excluding hydrogens is 356 g/mol. The molecule has 0 saturated carbocycles. The van der Waals surface area contributed by atoms with Crippen LogP contribution in [0.25, 0.3) is 0 Å². The van der Waals surface area contributed by atoms with Crippen LogP contribution < -0.4 is 9.80 Å². The minimum atomic E-state index is -0.497. The Bertz CT molecular complexity index is 618. The Labute approximate surface area is 160 Å². The zero-order valence-corrected chi connectivity index (χ0v) is 17.1. The summed E-state index contributed by atoms with van der Waals surface area (Å²) in [7, 11) is 0. The molecular formula is C17H29ClN6O2. The molecule has 1 fully saturated rings. The van der Waals surface area contributed by atoms with E-state index in [1.54, 1.807) is 4.90 Å². The fourth-order valence-electron chi connectivity index (χ4n) is 2.75. The second kappa shape index (κ2) is 8.70. The van der Waals surface area contributed by atoms with E-state index in [4.69, 9.17) is 16.3 Å². The summed E-state index contributed by atoms with van der Waals surface area (Å²) in [5.41, 5.74) is -0.497. The number of amides is 1. The minimum Gasteiger partial charge on any atom is -0.444 e. The van der Waals surface area contributed by atoms with Crippen molar-refractivity contribution in [1.82, 2.24) is 19.9 Å². The van der Waals surface area contributed by atoms with Crippen molar-refractivity contribution in [1.29, 1.82) is 0 Å². The highest BCUT2D eigenvalue weighted by Crippen LogP contribution is 2.19. The third-order valence-corrected chi connectivity index (χ3v) is 4.23. The quantitative estimate of drug-likeness (QED) is 0.790. The molecule has 0 atom stereocenters. The van der Waals surface area contributed by atoms with Gasteiger partial charge in [-0.1, -0.05) is 0 Å². The van der Waals surface area contributed by atoms with E-state index < -0.39 is 5.60 Å². The van der Waals surface area contributed by atoms with E-state index in [-0.39, 0.29) is 11.4 Å². The first kappa shape index (κ1) is 20.5. The number of aromatic nitrogens is 3. The number of hydrogen-bond acceptors (Lipinski definition) is 7. The third-order valence-electron chi connectivity index (χ3n) is 4.06. The van der Waals surface area contributed by atoms with Crippen molar-refractivity contribution in [2.24, 2.45) is 0 Å². The average molecular weight is 385 g/mol. The van der Waals surface area contributed by atoms with Gasteiger partial charge in [-0.2, -0.15) is 15.0 Å². The van der Waals surface area contributed by atoms with Gasteiger partial charge in [-0.25, -0.2) is 4.79 Å². The largest absolute Gasteiger partial charge is 0.444 e. The van der Waals surface area contributed by atoms with Crippen LogP contribution in [0, 0.1) is 0 Å². The summed E-state index contributed by atoms with van der Waals surface area (Å²) in [5, 5.41) is 0.185. The summed E-state index contributed by atoms with van der Waals surface area (Å²) in [6.45, 7) is 13.9. The number of halogens is 1. The predicted octanol–water partition coefficient (Wildman–Crippen LogP) is 2.82. The number of nitrogens with zero attached hydrogens (tertiary/aromatic N) is 6. The number of hydrogen-bond donors (Lipinski definition) is 0. The van der Waals surface area contributed by atoms with Crippen LogP contribution in [0.1, 0.15) is 41.0 Å². The molecule has 0 N–H and O–H groups in total. The molecule has 0 radical (unpaired) electrons. The minimum absolute atomic E-state index is 0.185. The SMILES string of the molecule is CCN(CC)c1nc(Cl)nc(N2CCCN(C(=O)OC(C)(C)C)CC2)n1. The molecule has 1 aliphatic rings. The second-order valence-electron chi connectivity index (χ2n) is 7.18. The number of ether oxygens (including phenoxy) is 1. The summed E-state index contributed by atoms with van der Waals surface area (Å²) in [4.78, 5) is 31.2. The van der Waals surface area contributed by atoms with Gasteiger partial charge >= 0.3 is 6.09 Å². The standard InChI is InChI=1S/C17H29ClN6O2/c1-6-22(7-2)14-19-13(18)20-15(21-14)23-9-8-10-24(12-11-23)16(25)26-17(3,4)5/h6-12H2,1-5H3. The highest BCUT2D eigenvalue weighted by Gasteiger charge is 2.25.